The number of hydrogen-bond acceptors (Lipinski definition) is 3. The van der Waals surface area contributed by atoms with E-state index in [0.29, 0.717) is 17.9 Å². The van der Waals surface area contributed by atoms with Crippen LogP contribution in [0.4, 0.5) is 0 Å². The minimum Gasteiger partial charge on any atom is -0.480 e. The van der Waals surface area contributed by atoms with Crippen LogP contribution in [-0.2, 0) is 4.79 Å². The van der Waals surface area contributed by atoms with Crippen LogP contribution in [0.2, 0.25) is 0 Å². The largest absolute Gasteiger partial charge is 0.480 e. The molecule has 4 nitrogen and oxygen atoms in total. The quantitative estimate of drug-likeness (QED) is 0.591. The number of carboxylic acid groups (broad SMARTS) is 1. The highest BCUT2D eigenvalue weighted by atomic mass is 16.4. The zero-order chi connectivity index (χ0) is 10.1. The molecule has 1 heterocycles. The molecule has 1 aliphatic carbocycles. The van der Waals surface area contributed by atoms with E-state index in [2.05, 4.69) is 5.32 Å². The first-order valence-corrected chi connectivity index (χ1v) is 5.39. The van der Waals surface area contributed by atoms with E-state index in [0.717, 1.165) is 32.2 Å². The van der Waals surface area contributed by atoms with E-state index in [9.17, 15) is 4.79 Å². The molecule has 0 aromatic heterocycles. The minimum absolute atomic E-state index is 0.318. The molecular formula is C10H18N2O2. The number of hydrogen-bond donors (Lipinski definition) is 3. The Kier molecular flexibility index (Phi) is 2.74. The average molecular weight is 198 g/mol. The van der Waals surface area contributed by atoms with Gasteiger partial charge in [0.15, 0.2) is 0 Å². The van der Waals surface area contributed by atoms with Gasteiger partial charge in [0, 0.05) is 6.04 Å². The van der Waals surface area contributed by atoms with Gasteiger partial charge in [-0.3, -0.25) is 4.79 Å². The van der Waals surface area contributed by atoms with Crippen LogP contribution in [0.25, 0.3) is 0 Å². The zero-order valence-corrected chi connectivity index (χ0v) is 8.28. The molecule has 4 unspecified atom stereocenters. The van der Waals surface area contributed by atoms with Crippen molar-refractivity contribution in [2.75, 3.05) is 6.54 Å². The molecule has 2 rings (SSSR count). The molecule has 0 bridgehead atoms. The highest BCUT2D eigenvalue weighted by Gasteiger charge is 2.40. The van der Waals surface area contributed by atoms with Crippen LogP contribution >= 0.6 is 0 Å². The number of rotatable bonds is 2. The smallest absolute Gasteiger partial charge is 0.320 e. The van der Waals surface area contributed by atoms with Crippen molar-refractivity contribution < 1.29 is 9.90 Å². The Morgan fingerprint density at radius 1 is 1.43 bits per heavy atom. The van der Waals surface area contributed by atoms with E-state index in [1.165, 1.54) is 0 Å². The van der Waals surface area contributed by atoms with Crippen molar-refractivity contribution in [3.63, 3.8) is 0 Å². The molecule has 0 aromatic rings. The van der Waals surface area contributed by atoms with Gasteiger partial charge in [-0.25, -0.2) is 0 Å². The third kappa shape index (κ3) is 1.77. The van der Waals surface area contributed by atoms with Gasteiger partial charge in [-0.2, -0.15) is 0 Å². The Morgan fingerprint density at radius 3 is 2.86 bits per heavy atom. The number of carbonyl (C=O) groups is 1. The SMILES string of the molecule is NCC1CCC2NC(C(=O)O)CC2C1. The first-order chi connectivity index (χ1) is 6.70. The fourth-order valence-corrected chi connectivity index (χ4v) is 2.86. The van der Waals surface area contributed by atoms with Gasteiger partial charge in [-0.1, -0.05) is 0 Å². The summed E-state index contributed by atoms with van der Waals surface area (Å²) in [5.74, 6) is 0.452. The molecular weight excluding hydrogens is 180 g/mol. The molecule has 2 aliphatic rings. The lowest BCUT2D eigenvalue weighted by Crippen LogP contribution is -2.38. The van der Waals surface area contributed by atoms with E-state index in [1.54, 1.807) is 0 Å². The maximum atomic E-state index is 10.8. The molecule has 4 N–H and O–H groups in total. The van der Waals surface area contributed by atoms with Gasteiger partial charge in [-0.05, 0) is 44.1 Å². The molecule has 4 heteroatoms. The van der Waals surface area contributed by atoms with Crippen molar-refractivity contribution in [3.8, 4) is 0 Å². The number of nitrogens with one attached hydrogen (secondary N) is 1. The van der Waals surface area contributed by atoms with Gasteiger partial charge >= 0.3 is 5.97 Å². The fraction of sp³-hybridized carbons (Fsp3) is 0.900. The van der Waals surface area contributed by atoms with E-state index in [-0.39, 0.29) is 6.04 Å². The summed E-state index contributed by atoms with van der Waals surface area (Å²) in [6.45, 7) is 0.751. The lowest BCUT2D eigenvalue weighted by Gasteiger charge is -2.30. The number of nitrogens with two attached hydrogens (primary N) is 1. The Hall–Kier alpha value is -0.610. The summed E-state index contributed by atoms with van der Waals surface area (Å²) in [6.07, 6.45) is 4.14. The number of aliphatic carboxylic acids is 1. The van der Waals surface area contributed by atoms with Crippen molar-refractivity contribution >= 4 is 5.97 Å². The summed E-state index contributed by atoms with van der Waals surface area (Å²) in [6, 6.07) is 0.112. The zero-order valence-electron chi connectivity index (χ0n) is 8.28. The summed E-state index contributed by atoms with van der Waals surface area (Å²) < 4.78 is 0. The Balaban J connectivity index is 1.95. The van der Waals surface area contributed by atoms with E-state index in [4.69, 9.17) is 10.8 Å². The van der Waals surface area contributed by atoms with E-state index in [1.807, 2.05) is 0 Å². The van der Waals surface area contributed by atoms with Gasteiger partial charge in [0.25, 0.3) is 0 Å². The third-order valence-corrected chi connectivity index (χ3v) is 3.68. The summed E-state index contributed by atoms with van der Waals surface area (Å²) in [7, 11) is 0. The maximum absolute atomic E-state index is 10.8. The predicted octanol–water partition coefficient (Wildman–Crippen LogP) is 0.176. The molecule has 4 atom stereocenters. The molecule has 2 fully saturated rings. The first-order valence-electron chi connectivity index (χ1n) is 5.39. The Bertz CT molecular complexity index is 232. The van der Waals surface area contributed by atoms with Crippen LogP contribution in [0.5, 0.6) is 0 Å². The molecule has 0 radical (unpaired) electrons. The molecule has 80 valence electrons. The van der Waals surface area contributed by atoms with Gasteiger partial charge in [0.1, 0.15) is 6.04 Å². The van der Waals surface area contributed by atoms with Crippen LogP contribution in [-0.4, -0.2) is 29.7 Å². The van der Waals surface area contributed by atoms with Gasteiger partial charge in [0.05, 0.1) is 0 Å². The Morgan fingerprint density at radius 2 is 2.21 bits per heavy atom. The highest BCUT2D eigenvalue weighted by molar-refractivity contribution is 5.74. The molecule has 1 aliphatic heterocycles. The molecule has 1 saturated carbocycles. The molecule has 0 spiro atoms. The van der Waals surface area contributed by atoms with Crippen molar-refractivity contribution in [2.45, 2.75) is 37.8 Å². The number of carboxylic acids is 1. The van der Waals surface area contributed by atoms with Gasteiger partial charge in [-0.15, -0.1) is 0 Å². The fourth-order valence-electron chi connectivity index (χ4n) is 2.86. The lowest BCUT2D eigenvalue weighted by molar-refractivity contribution is -0.139. The molecule has 0 amide bonds. The number of fused-ring (bicyclic) bond motifs is 1. The third-order valence-electron chi connectivity index (χ3n) is 3.68. The monoisotopic (exact) mass is 198 g/mol. The molecule has 0 aromatic carbocycles. The van der Waals surface area contributed by atoms with Crippen molar-refractivity contribution in [1.82, 2.24) is 5.32 Å². The van der Waals surface area contributed by atoms with Crippen LogP contribution in [0.3, 0.4) is 0 Å². The van der Waals surface area contributed by atoms with Crippen LogP contribution < -0.4 is 11.1 Å². The lowest BCUT2D eigenvalue weighted by atomic mass is 9.78. The molecule has 1 saturated heterocycles. The van der Waals surface area contributed by atoms with Gasteiger partial charge in [0.2, 0.25) is 0 Å². The summed E-state index contributed by atoms with van der Waals surface area (Å²) in [5, 5.41) is 12.1. The normalized spacial score (nSPS) is 42.1. The van der Waals surface area contributed by atoms with Crippen LogP contribution in [0.1, 0.15) is 25.7 Å². The molecule has 14 heavy (non-hydrogen) atoms. The van der Waals surface area contributed by atoms with Crippen LogP contribution in [0.15, 0.2) is 0 Å². The van der Waals surface area contributed by atoms with Crippen LogP contribution in [0, 0.1) is 11.8 Å². The standard InChI is InChI=1S/C10H18N2O2/c11-5-6-1-2-8-7(3-6)4-9(12-8)10(13)14/h6-9,12H,1-5,11H2,(H,13,14). The van der Waals surface area contributed by atoms with E-state index < -0.39 is 5.97 Å². The summed E-state index contributed by atoms with van der Waals surface area (Å²) in [4.78, 5) is 10.8. The van der Waals surface area contributed by atoms with Crippen molar-refractivity contribution in [3.05, 3.63) is 0 Å². The van der Waals surface area contributed by atoms with Gasteiger partial charge < -0.3 is 16.2 Å². The minimum atomic E-state index is -0.705. The summed E-state index contributed by atoms with van der Waals surface area (Å²) in [5.41, 5.74) is 5.64. The van der Waals surface area contributed by atoms with Crippen molar-refractivity contribution in [2.24, 2.45) is 17.6 Å². The predicted molar refractivity (Wildman–Crippen MR) is 52.8 cm³/mol. The second-order valence-corrected chi connectivity index (χ2v) is 4.57. The first kappa shape index (κ1) is 9.93. The Labute approximate surface area is 83.9 Å². The second-order valence-electron chi connectivity index (χ2n) is 4.57. The average Bonchev–Trinajstić information content (AvgIpc) is 2.59. The second kappa shape index (κ2) is 3.87. The van der Waals surface area contributed by atoms with Crippen molar-refractivity contribution in [1.29, 1.82) is 0 Å². The maximum Gasteiger partial charge on any atom is 0.320 e. The summed E-state index contributed by atoms with van der Waals surface area (Å²) >= 11 is 0. The topological polar surface area (TPSA) is 75.3 Å². The highest BCUT2D eigenvalue weighted by Crippen LogP contribution is 2.35. The van der Waals surface area contributed by atoms with E-state index >= 15 is 0 Å².